The van der Waals surface area contributed by atoms with Gasteiger partial charge in [-0.2, -0.15) is 0 Å². The molecule has 1 aliphatic heterocycles. The van der Waals surface area contributed by atoms with Gasteiger partial charge >= 0.3 is 0 Å². The first-order valence-electron chi connectivity index (χ1n) is 8.64. The molecule has 1 amide bonds. The zero-order chi connectivity index (χ0) is 16.8. The Bertz CT molecular complexity index is 737. The molecule has 0 aromatic heterocycles. The van der Waals surface area contributed by atoms with Gasteiger partial charge in [0.15, 0.2) is 0 Å². The predicted molar refractivity (Wildman–Crippen MR) is 105 cm³/mol. The first-order valence-corrected chi connectivity index (χ1v) is 9.63. The molecule has 124 valence electrons. The maximum absolute atomic E-state index is 12.6. The van der Waals surface area contributed by atoms with Gasteiger partial charge in [-0.25, -0.2) is 0 Å². The number of fused-ring (bicyclic) bond motifs is 1. The van der Waals surface area contributed by atoms with Crippen molar-refractivity contribution in [2.24, 2.45) is 0 Å². The van der Waals surface area contributed by atoms with Crippen LogP contribution in [-0.2, 0) is 4.79 Å². The van der Waals surface area contributed by atoms with Gasteiger partial charge in [-0.3, -0.25) is 4.79 Å². The summed E-state index contributed by atoms with van der Waals surface area (Å²) in [5.74, 6) is 1.06. The zero-order valence-corrected chi connectivity index (χ0v) is 14.9. The highest BCUT2D eigenvalue weighted by molar-refractivity contribution is 8.08. The minimum Gasteiger partial charge on any atom is -0.321 e. The molecule has 2 nitrogen and oxygen atoms in total. The maximum atomic E-state index is 12.6. The smallest absolute Gasteiger partial charge is 0.257 e. The summed E-state index contributed by atoms with van der Waals surface area (Å²) in [5, 5.41) is 3.00. The number of para-hydroxylation sites is 1. The Morgan fingerprint density at radius 3 is 2.50 bits per heavy atom. The van der Waals surface area contributed by atoms with Crippen LogP contribution in [0.5, 0.6) is 0 Å². The number of nitrogens with one attached hydrogen (secondary N) is 1. The van der Waals surface area contributed by atoms with Crippen LogP contribution in [0.4, 0.5) is 5.69 Å². The van der Waals surface area contributed by atoms with Crippen molar-refractivity contribution in [1.29, 1.82) is 0 Å². The second-order valence-corrected chi connectivity index (χ2v) is 7.08. The largest absolute Gasteiger partial charge is 0.321 e. The number of thioether (sulfide) groups is 1. The lowest BCUT2D eigenvalue weighted by atomic mass is 10.0. The number of carbonyl (C=O) groups excluding carboxylic acids is 1. The number of anilines is 1. The molecule has 2 aromatic carbocycles. The van der Waals surface area contributed by atoms with Gasteiger partial charge in [0.25, 0.3) is 5.91 Å². The van der Waals surface area contributed by atoms with Crippen LogP contribution in [0.2, 0.25) is 0 Å². The van der Waals surface area contributed by atoms with Crippen molar-refractivity contribution in [3.05, 3.63) is 65.7 Å². The van der Waals surface area contributed by atoms with Gasteiger partial charge in [0.05, 0.1) is 5.57 Å². The molecule has 1 aliphatic rings. The van der Waals surface area contributed by atoms with Crippen LogP contribution >= 0.6 is 11.8 Å². The Morgan fingerprint density at radius 2 is 1.71 bits per heavy atom. The van der Waals surface area contributed by atoms with Crippen LogP contribution < -0.4 is 5.32 Å². The second-order valence-electron chi connectivity index (χ2n) is 5.98. The second kappa shape index (κ2) is 8.20. The van der Waals surface area contributed by atoms with Crippen molar-refractivity contribution in [2.75, 3.05) is 11.1 Å². The van der Waals surface area contributed by atoms with E-state index in [2.05, 4.69) is 24.4 Å². The fourth-order valence-electron chi connectivity index (χ4n) is 2.94. The standard InChI is InChI=1S/C21H23NOS/c1-2-3-4-10-15-24-20(16-11-6-5-7-12-16)19-17-13-8-9-14-18(17)22-21(19)23/h5-9,11-14H,2-4,10,15H2,1H3,(H,22,23)/b20-19-. The molecule has 0 spiro atoms. The van der Waals surface area contributed by atoms with Gasteiger partial charge in [0, 0.05) is 16.2 Å². The summed E-state index contributed by atoms with van der Waals surface area (Å²) in [4.78, 5) is 13.7. The first kappa shape index (κ1) is 16.8. The fraction of sp³-hybridized carbons (Fsp3) is 0.286. The molecule has 0 radical (unpaired) electrons. The molecular formula is C21H23NOS. The van der Waals surface area contributed by atoms with Gasteiger partial charge in [0.2, 0.25) is 0 Å². The zero-order valence-electron chi connectivity index (χ0n) is 14.0. The number of rotatable bonds is 7. The van der Waals surface area contributed by atoms with E-state index in [0.717, 1.165) is 33.0 Å². The highest BCUT2D eigenvalue weighted by Gasteiger charge is 2.27. The van der Waals surface area contributed by atoms with Gasteiger partial charge in [-0.1, -0.05) is 74.7 Å². The number of carbonyl (C=O) groups is 1. The van der Waals surface area contributed by atoms with Crippen molar-refractivity contribution in [1.82, 2.24) is 0 Å². The minimum absolute atomic E-state index is 0.0103. The quantitative estimate of drug-likeness (QED) is 0.509. The van der Waals surface area contributed by atoms with E-state index in [0.29, 0.717) is 0 Å². The van der Waals surface area contributed by atoms with Crippen LogP contribution in [-0.4, -0.2) is 11.7 Å². The van der Waals surface area contributed by atoms with E-state index in [1.54, 1.807) is 0 Å². The Balaban J connectivity index is 1.94. The number of amides is 1. The summed E-state index contributed by atoms with van der Waals surface area (Å²) in [6.45, 7) is 2.23. The van der Waals surface area contributed by atoms with Gasteiger partial charge in [0.1, 0.15) is 0 Å². The average molecular weight is 337 g/mol. The van der Waals surface area contributed by atoms with Crippen LogP contribution in [0.3, 0.4) is 0 Å². The first-order chi connectivity index (χ1) is 11.8. The third-order valence-electron chi connectivity index (χ3n) is 4.18. The Kier molecular flexibility index (Phi) is 5.76. The van der Waals surface area contributed by atoms with Gasteiger partial charge < -0.3 is 5.32 Å². The highest BCUT2D eigenvalue weighted by Crippen LogP contribution is 2.42. The Labute approximate surface area is 148 Å². The monoisotopic (exact) mass is 337 g/mol. The molecule has 0 saturated carbocycles. The van der Waals surface area contributed by atoms with Crippen molar-refractivity contribution in [2.45, 2.75) is 32.6 Å². The van der Waals surface area contributed by atoms with E-state index in [9.17, 15) is 4.79 Å². The molecule has 0 atom stereocenters. The molecule has 0 fully saturated rings. The lowest BCUT2D eigenvalue weighted by Gasteiger charge is -2.11. The van der Waals surface area contributed by atoms with Crippen LogP contribution in [0, 0.1) is 0 Å². The van der Waals surface area contributed by atoms with E-state index in [1.165, 1.54) is 25.7 Å². The molecule has 0 bridgehead atoms. The van der Waals surface area contributed by atoms with Crippen LogP contribution in [0.15, 0.2) is 54.6 Å². The molecule has 24 heavy (non-hydrogen) atoms. The summed E-state index contributed by atoms with van der Waals surface area (Å²) in [6, 6.07) is 18.2. The van der Waals surface area contributed by atoms with E-state index in [1.807, 2.05) is 54.2 Å². The van der Waals surface area contributed by atoms with Gasteiger partial charge in [-0.05, 0) is 23.8 Å². The molecule has 1 N–H and O–H groups in total. The van der Waals surface area contributed by atoms with Gasteiger partial charge in [-0.15, -0.1) is 11.8 Å². The molecule has 0 aliphatic carbocycles. The number of unbranched alkanes of at least 4 members (excludes halogenated alkanes) is 3. The van der Waals surface area contributed by atoms with Crippen molar-refractivity contribution in [3.63, 3.8) is 0 Å². The van der Waals surface area contributed by atoms with Crippen molar-refractivity contribution in [3.8, 4) is 0 Å². The fourth-order valence-corrected chi connectivity index (χ4v) is 4.14. The summed E-state index contributed by atoms with van der Waals surface area (Å²) in [6.07, 6.45) is 4.96. The third kappa shape index (κ3) is 3.73. The summed E-state index contributed by atoms with van der Waals surface area (Å²) < 4.78 is 0. The SMILES string of the molecule is CCCCCCS/C(=C1\C(=O)Nc2ccccc21)c1ccccc1. The molecule has 3 rings (SSSR count). The predicted octanol–water partition coefficient (Wildman–Crippen LogP) is 5.82. The van der Waals surface area contributed by atoms with Crippen molar-refractivity contribution >= 4 is 33.8 Å². The number of hydrogen-bond acceptors (Lipinski definition) is 2. The summed E-state index contributed by atoms with van der Waals surface area (Å²) in [5.41, 5.74) is 3.87. The maximum Gasteiger partial charge on any atom is 0.257 e. The lowest BCUT2D eigenvalue weighted by molar-refractivity contribution is -0.110. The van der Waals surface area contributed by atoms with Crippen LogP contribution in [0.25, 0.3) is 10.5 Å². The minimum atomic E-state index is 0.0103. The van der Waals surface area contributed by atoms with E-state index >= 15 is 0 Å². The summed E-state index contributed by atoms with van der Waals surface area (Å²) >= 11 is 1.81. The Hall–Kier alpha value is -2.00. The lowest BCUT2D eigenvalue weighted by Crippen LogP contribution is -2.05. The average Bonchev–Trinajstić information content (AvgIpc) is 2.95. The number of hydrogen-bond donors (Lipinski definition) is 1. The van der Waals surface area contributed by atoms with E-state index in [4.69, 9.17) is 0 Å². The van der Waals surface area contributed by atoms with Crippen molar-refractivity contribution < 1.29 is 4.79 Å². The summed E-state index contributed by atoms with van der Waals surface area (Å²) in [7, 11) is 0. The van der Waals surface area contributed by atoms with Crippen LogP contribution in [0.1, 0.15) is 43.7 Å². The molecule has 1 heterocycles. The molecule has 0 saturated heterocycles. The number of benzene rings is 2. The molecular weight excluding hydrogens is 314 g/mol. The molecule has 0 unspecified atom stereocenters. The molecule has 2 aromatic rings. The van der Waals surface area contributed by atoms with E-state index < -0.39 is 0 Å². The Morgan fingerprint density at radius 1 is 0.958 bits per heavy atom. The topological polar surface area (TPSA) is 29.1 Å². The molecule has 3 heteroatoms. The normalized spacial score (nSPS) is 15.1. The third-order valence-corrected chi connectivity index (χ3v) is 5.40. The van der Waals surface area contributed by atoms with E-state index in [-0.39, 0.29) is 5.91 Å². The highest BCUT2D eigenvalue weighted by atomic mass is 32.2.